The Morgan fingerprint density at radius 2 is 1.79 bits per heavy atom. The molecule has 0 saturated carbocycles. The first-order chi connectivity index (χ1) is 13.1. The number of alkyl carbamates (subject to hydrolysis) is 1. The highest BCUT2D eigenvalue weighted by atomic mass is 16.7. The van der Waals surface area contributed by atoms with Gasteiger partial charge in [-0.3, -0.25) is 0 Å². The van der Waals surface area contributed by atoms with Crippen LogP contribution in [0.5, 0.6) is 0 Å². The van der Waals surface area contributed by atoms with Gasteiger partial charge in [-0.15, -0.1) is 0 Å². The van der Waals surface area contributed by atoms with Gasteiger partial charge in [0.05, 0.1) is 16.9 Å². The third-order valence-corrected chi connectivity index (χ3v) is 5.05. The number of aryl methyl sites for hydroxylation is 1. The van der Waals surface area contributed by atoms with Crippen LogP contribution in [-0.2, 0) is 14.0 Å². The number of anilines is 2. The molecule has 0 aromatic carbocycles. The highest BCUT2D eigenvalue weighted by Crippen LogP contribution is 2.39. The minimum absolute atomic E-state index is 0.176. The molecular formula is C20H33BN4O4. The van der Waals surface area contributed by atoms with Gasteiger partial charge in [0.15, 0.2) is 0 Å². The molecule has 0 aliphatic carbocycles. The van der Waals surface area contributed by atoms with E-state index in [1.165, 1.54) is 0 Å². The molecule has 0 unspecified atom stereocenters. The average molecular weight is 404 g/mol. The molecule has 2 rings (SSSR count). The Morgan fingerprint density at radius 3 is 2.31 bits per heavy atom. The van der Waals surface area contributed by atoms with Crippen molar-refractivity contribution >= 4 is 30.8 Å². The van der Waals surface area contributed by atoms with E-state index in [1.54, 1.807) is 6.07 Å². The highest BCUT2D eigenvalue weighted by molar-refractivity contribution is 6.56. The first-order valence-electron chi connectivity index (χ1n) is 9.67. The van der Waals surface area contributed by atoms with Gasteiger partial charge in [0.1, 0.15) is 11.4 Å². The fourth-order valence-electron chi connectivity index (χ4n) is 2.69. The van der Waals surface area contributed by atoms with E-state index in [4.69, 9.17) is 25.5 Å². The summed E-state index contributed by atoms with van der Waals surface area (Å²) in [6.45, 7) is 15.3. The van der Waals surface area contributed by atoms with Gasteiger partial charge in [0.2, 0.25) is 0 Å². The van der Waals surface area contributed by atoms with E-state index in [-0.39, 0.29) is 12.4 Å². The fourth-order valence-corrected chi connectivity index (χ4v) is 2.69. The molecule has 1 aliphatic rings. The maximum absolute atomic E-state index is 12.2. The van der Waals surface area contributed by atoms with Crippen LogP contribution in [0, 0.1) is 6.92 Å². The van der Waals surface area contributed by atoms with E-state index in [9.17, 15) is 4.79 Å². The minimum atomic E-state index is -0.645. The Morgan fingerprint density at radius 1 is 1.24 bits per heavy atom. The first-order valence-corrected chi connectivity index (χ1v) is 9.67. The zero-order valence-corrected chi connectivity index (χ0v) is 18.7. The number of nitrogen functional groups attached to an aromatic ring is 2. The lowest BCUT2D eigenvalue weighted by Crippen LogP contribution is -2.41. The number of nitrogens with zero attached hydrogens (tertiary/aromatic N) is 1. The van der Waals surface area contributed by atoms with Crippen LogP contribution < -0.4 is 16.8 Å². The molecule has 1 aromatic rings. The molecule has 0 spiro atoms. The molecule has 1 saturated heterocycles. The Balaban J connectivity index is 2.34. The SMILES string of the molecule is Cc1nc(N)c(N)cc1C=C(CNC(=O)OC(C)(C)C)B1OC(C)(C)C(C)(C)O1. The second-order valence-electron chi connectivity index (χ2n) is 9.30. The number of carbonyl (C=O) groups is 1. The molecule has 9 heteroatoms. The monoisotopic (exact) mass is 404 g/mol. The van der Waals surface area contributed by atoms with Gasteiger partial charge < -0.3 is 30.8 Å². The number of amides is 1. The van der Waals surface area contributed by atoms with Gasteiger partial charge in [0.25, 0.3) is 0 Å². The van der Waals surface area contributed by atoms with Crippen molar-refractivity contribution in [1.29, 1.82) is 0 Å². The largest absolute Gasteiger partial charge is 0.492 e. The zero-order chi connectivity index (χ0) is 22.2. The Bertz CT molecular complexity index is 799. The van der Waals surface area contributed by atoms with Crippen LogP contribution in [-0.4, -0.2) is 41.5 Å². The minimum Gasteiger partial charge on any atom is -0.444 e. The smallest absolute Gasteiger partial charge is 0.444 e. The third kappa shape index (κ3) is 5.64. The lowest BCUT2D eigenvalue weighted by atomic mass is 9.77. The molecule has 0 radical (unpaired) electrons. The van der Waals surface area contributed by atoms with Crippen LogP contribution >= 0.6 is 0 Å². The normalized spacial score (nSPS) is 18.6. The van der Waals surface area contributed by atoms with E-state index in [2.05, 4.69) is 10.3 Å². The van der Waals surface area contributed by atoms with E-state index in [0.717, 1.165) is 5.56 Å². The topological polar surface area (TPSA) is 122 Å². The van der Waals surface area contributed by atoms with Crippen molar-refractivity contribution in [3.8, 4) is 0 Å². The standard InChI is InChI=1S/C20H33BN4O4/c1-12-13(10-15(22)16(23)25-12)9-14(11-24-17(26)27-18(2,3)4)21-28-19(5,6)20(7,8)29-21/h9-10H,11,22H2,1-8H3,(H2,23,25)(H,24,26). The molecule has 160 valence electrons. The van der Waals surface area contributed by atoms with E-state index in [1.807, 2.05) is 61.5 Å². The lowest BCUT2D eigenvalue weighted by molar-refractivity contribution is 0.00578. The second-order valence-corrected chi connectivity index (χ2v) is 9.30. The van der Waals surface area contributed by atoms with Crippen molar-refractivity contribution in [2.45, 2.75) is 72.2 Å². The van der Waals surface area contributed by atoms with Crippen molar-refractivity contribution < 1.29 is 18.8 Å². The van der Waals surface area contributed by atoms with Crippen molar-refractivity contribution in [3.05, 3.63) is 22.8 Å². The number of nitrogens with one attached hydrogen (secondary N) is 1. The van der Waals surface area contributed by atoms with E-state index in [0.29, 0.717) is 16.9 Å². The van der Waals surface area contributed by atoms with Crippen molar-refractivity contribution in [1.82, 2.24) is 10.3 Å². The van der Waals surface area contributed by atoms with Gasteiger partial charge in [-0.05, 0) is 72.5 Å². The third-order valence-electron chi connectivity index (χ3n) is 5.05. The molecular weight excluding hydrogens is 371 g/mol. The number of hydrogen-bond donors (Lipinski definition) is 3. The molecule has 1 aromatic heterocycles. The summed E-state index contributed by atoms with van der Waals surface area (Å²) in [4.78, 5) is 16.4. The van der Waals surface area contributed by atoms with Crippen molar-refractivity contribution in [3.63, 3.8) is 0 Å². The number of nitrogens with two attached hydrogens (primary N) is 2. The summed E-state index contributed by atoms with van der Waals surface area (Å²) >= 11 is 0. The molecule has 0 atom stereocenters. The van der Waals surface area contributed by atoms with Crippen LogP contribution in [0.4, 0.5) is 16.3 Å². The number of rotatable bonds is 4. The highest BCUT2D eigenvalue weighted by Gasteiger charge is 2.52. The predicted octanol–water partition coefficient (Wildman–Crippen LogP) is 3.09. The van der Waals surface area contributed by atoms with Gasteiger partial charge >= 0.3 is 13.2 Å². The summed E-state index contributed by atoms with van der Waals surface area (Å²) < 4.78 is 17.7. The summed E-state index contributed by atoms with van der Waals surface area (Å²) in [7, 11) is -0.645. The number of hydrogen-bond acceptors (Lipinski definition) is 7. The molecule has 1 fully saturated rings. The molecule has 1 amide bonds. The average Bonchev–Trinajstić information content (AvgIpc) is 2.74. The first kappa shape index (κ1) is 23.0. The number of ether oxygens (including phenoxy) is 1. The van der Waals surface area contributed by atoms with Crippen LogP contribution in [0.15, 0.2) is 11.5 Å². The molecule has 1 aliphatic heterocycles. The van der Waals surface area contributed by atoms with Gasteiger partial charge in [-0.2, -0.15) is 0 Å². The maximum Gasteiger partial charge on any atom is 0.492 e. The van der Waals surface area contributed by atoms with Crippen LogP contribution in [0.2, 0.25) is 0 Å². The molecule has 29 heavy (non-hydrogen) atoms. The zero-order valence-electron chi connectivity index (χ0n) is 18.7. The summed E-state index contributed by atoms with van der Waals surface area (Å²) in [5.74, 6) is 0.281. The summed E-state index contributed by atoms with van der Waals surface area (Å²) in [6.07, 6.45) is 1.34. The fraction of sp³-hybridized carbons (Fsp3) is 0.600. The van der Waals surface area contributed by atoms with Gasteiger partial charge in [0, 0.05) is 12.2 Å². The number of pyridine rings is 1. The number of carbonyl (C=O) groups excluding carboxylic acids is 1. The Kier molecular flexibility index (Phi) is 6.25. The van der Waals surface area contributed by atoms with Crippen LogP contribution in [0.3, 0.4) is 0 Å². The molecule has 5 N–H and O–H groups in total. The van der Waals surface area contributed by atoms with Crippen LogP contribution in [0.25, 0.3) is 6.08 Å². The van der Waals surface area contributed by atoms with Crippen molar-refractivity contribution in [2.75, 3.05) is 18.0 Å². The lowest BCUT2D eigenvalue weighted by Gasteiger charge is -2.32. The Labute approximate surface area is 173 Å². The second kappa shape index (κ2) is 7.87. The van der Waals surface area contributed by atoms with Crippen molar-refractivity contribution in [2.24, 2.45) is 0 Å². The quantitative estimate of drug-likeness (QED) is 0.659. The Hall–Kier alpha value is -2.26. The van der Waals surface area contributed by atoms with Gasteiger partial charge in [-0.1, -0.05) is 6.08 Å². The van der Waals surface area contributed by atoms with Gasteiger partial charge in [-0.25, -0.2) is 9.78 Å². The van der Waals surface area contributed by atoms with E-state index >= 15 is 0 Å². The van der Waals surface area contributed by atoms with E-state index < -0.39 is 30.0 Å². The number of aromatic nitrogens is 1. The maximum atomic E-state index is 12.2. The molecule has 0 bridgehead atoms. The molecule has 8 nitrogen and oxygen atoms in total. The molecule has 2 heterocycles. The predicted molar refractivity (Wildman–Crippen MR) is 116 cm³/mol. The van der Waals surface area contributed by atoms with Crippen LogP contribution in [0.1, 0.15) is 59.7 Å². The summed E-state index contributed by atoms with van der Waals surface area (Å²) in [5, 5.41) is 2.77. The summed E-state index contributed by atoms with van der Waals surface area (Å²) in [6, 6.07) is 1.75. The summed E-state index contributed by atoms with van der Waals surface area (Å²) in [5.41, 5.74) is 12.7.